The summed E-state index contributed by atoms with van der Waals surface area (Å²) < 4.78 is 1.75. The lowest BCUT2D eigenvalue weighted by Gasteiger charge is -2.21. The van der Waals surface area contributed by atoms with Crippen LogP contribution in [0.1, 0.15) is 38.5 Å². The van der Waals surface area contributed by atoms with E-state index in [1.807, 2.05) is 13.2 Å². The zero-order valence-electron chi connectivity index (χ0n) is 10.1. The number of aryl methyl sites for hydroxylation is 1. The normalized spacial score (nSPS) is 17.6. The zero-order valence-corrected chi connectivity index (χ0v) is 10.1. The van der Waals surface area contributed by atoms with E-state index in [9.17, 15) is 0 Å². The summed E-state index contributed by atoms with van der Waals surface area (Å²) in [7, 11) is 1.89. The molecular weight excluding hydrogens is 200 g/mol. The maximum Gasteiger partial charge on any atom is 0.171 e. The van der Waals surface area contributed by atoms with E-state index in [0.717, 1.165) is 24.0 Å². The average Bonchev–Trinajstić information content (AvgIpc) is 2.59. The summed E-state index contributed by atoms with van der Waals surface area (Å²) in [4.78, 5) is 0. The van der Waals surface area contributed by atoms with Gasteiger partial charge in [0.2, 0.25) is 0 Å². The Morgan fingerprint density at radius 3 is 2.81 bits per heavy atom. The third-order valence-corrected chi connectivity index (χ3v) is 3.43. The molecule has 1 saturated carbocycles. The minimum absolute atomic E-state index is 0.742. The van der Waals surface area contributed by atoms with E-state index in [-0.39, 0.29) is 0 Å². The first kappa shape index (κ1) is 11.3. The molecule has 3 N–H and O–H groups in total. The van der Waals surface area contributed by atoms with Gasteiger partial charge >= 0.3 is 0 Å². The predicted molar refractivity (Wildman–Crippen MR) is 67.3 cm³/mol. The van der Waals surface area contributed by atoms with Crippen LogP contribution >= 0.6 is 0 Å². The van der Waals surface area contributed by atoms with Gasteiger partial charge in [-0.2, -0.15) is 5.10 Å². The van der Waals surface area contributed by atoms with Crippen molar-refractivity contribution in [1.29, 1.82) is 0 Å². The SMILES string of the molecule is Cn1cc(N)c(NCCC2CCCCC2)n1. The Bertz CT molecular complexity index is 326. The molecule has 0 saturated heterocycles. The van der Waals surface area contributed by atoms with E-state index in [4.69, 9.17) is 5.73 Å². The van der Waals surface area contributed by atoms with E-state index in [2.05, 4.69) is 10.4 Å². The smallest absolute Gasteiger partial charge is 0.171 e. The van der Waals surface area contributed by atoms with Gasteiger partial charge < -0.3 is 11.1 Å². The van der Waals surface area contributed by atoms with Crippen LogP contribution in [0.25, 0.3) is 0 Å². The largest absolute Gasteiger partial charge is 0.394 e. The van der Waals surface area contributed by atoms with Crippen LogP contribution in [-0.4, -0.2) is 16.3 Å². The Labute approximate surface area is 97.2 Å². The van der Waals surface area contributed by atoms with Gasteiger partial charge in [-0.25, -0.2) is 0 Å². The Hall–Kier alpha value is -1.19. The molecule has 0 atom stereocenters. The second kappa shape index (κ2) is 5.23. The second-order valence-electron chi connectivity index (χ2n) is 4.83. The highest BCUT2D eigenvalue weighted by Gasteiger charge is 2.13. The fraction of sp³-hybridized carbons (Fsp3) is 0.750. The molecule has 0 aliphatic heterocycles. The minimum atomic E-state index is 0.742. The van der Waals surface area contributed by atoms with E-state index >= 15 is 0 Å². The molecule has 1 aliphatic rings. The number of anilines is 2. The van der Waals surface area contributed by atoms with E-state index in [0.29, 0.717) is 0 Å². The summed E-state index contributed by atoms with van der Waals surface area (Å²) in [5.74, 6) is 1.74. The van der Waals surface area contributed by atoms with E-state index < -0.39 is 0 Å². The van der Waals surface area contributed by atoms with Gasteiger partial charge in [0.15, 0.2) is 5.82 Å². The van der Waals surface area contributed by atoms with E-state index in [1.165, 1.54) is 38.5 Å². The molecule has 2 rings (SSSR count). The molecule has 1 aromatic rings. The van der Waals surface area contributed by atoms with Crippen molar-refractivity contribution in [3.63, 3.8) is 0 Å². The molecule has 16 heavy (non-hydrogen) atoms. The van der Waals surface area contributed by atoms with Crippen LogP contribution in [0.4, 0.5) is 11.5 Å². The second-order valence-corrected chi connectivity index (χ2v) is 4.83. The fourth-order valence-corrected chi connectivity index (χ4v) is 2.51. The fourth-order valence-electron chi connectivity index (χ4n) is 2.51. The molecule has 1 aliphatic carbocycles. The van der Waals surface area contributed by atoms with Gasteiger partial charge in [0.05, 0.1) is 5.69 Å². The lowest BCUT2D eigenvalue weighted by molar-refractivity contribution is 0.345. The molecule has 1 aromatic heterocycles. The first-order chi connectivity index (χ1) is 7.75. The molecule has 0 spiro atoms. The summed E-state index contributed by atoms with van der Waals surface area (Å²) in [5, 5.41) is 7.60. The van der Waals surface area contributed by atoms with E-state index in [1.54, 1.807) is 4.68 Å². The minimum Gasteiger partial charge on any atom is -0.394 e. The van der Waals surface area contributed by atoms with Crippen molar-refractivity contribution < 1.29 is 0 Å². The molecular formula is C12H22N4. The number of hydrogen-bond acceptors (Lipinski definition) is 3. The summed E-state index contributed by atoms with van der Waals surface area (Å²) in [6.07, 6.45) is 10.1. The Morgan fingerprint density at radius 2 is 2.19 bits per heavy atom. The van der Waals surface area contributed by atoms with Crippen molar-refractivity contribution in [2.75, 3.05) is 17.6 Å². The van der Waals surface area contributed by atoms with Crippen LogP contribution in [0.5, 0.6) is 0 Å². The summed E-state index contributed by atoms with van der Waals surface area (Å²) in [6.45, 7) is 0.992. The summed E-state index contributed by atoms with van der Waals surface area (Å²) in [5.41, 5.74) is 6.56. The van der Waals surface area contributed by atoms with Gasteiger partial charge in [-0.1, -0.05) is 32.1 Å². The summed E-state index contributed by atoms with van der Waals surface area (Å²) >= 11 is 0. The third kappa shape index (κ3) is 2.90. The highest BCUT2D eigenvalue weighted by Crippen LogP contribution is 2.26. The molecule has 0 bridgehead atoms. The van der Waals surface area contributed by atoms with Crippen molar-refractivity contribution in [3.8, 4) is 0 Å². The highest BCUT2D eigenvalue weighted by molar-refractivity contribution is 5.59. The van der Waals surface area contributed by atoms with Gasteiger partial charge in [0.25, 0.3) is 0 Å². The van der Waals surface area contributed by atoms with Crippen LogP contribution in [0.2, 0.25) is 0 Å². The Morgan fingerprint density at radius 1 is 1.44 bits per heavy atom. The van der Waals surface area contributed by atoms with Crippen LogP contribution < -0.4 is 11.1 Å². The van der Waals surface area contributed by atoms with Gasteiger partial charge in [0.1, 0.15) is 0 Å². The Balaban J connectivity index is 1.73. The first-order valence-corrected chi connectivity index (χ1v) is 6.28. The average molecular weight is 222 g/mol. The van der Waals surface area contributed by atoms with Crippen LogP contribution in [-0.2, 0) is 7.05 Å². The number of nitrogen functional groups attached to an aromatic ring is 1. The molecule has 4 nitrogen and oxygen atoms in total. The van der Waals surface area contributed by atoms with Gasteiger partial charge in [-0.3, -0.25) is 4.68 Å². The molecule has 4 heteroatoms. The number of rotatable bonds is 4. The van der Waals surface area contributed by atoms with Crippen molar-refractivity contribution in [2.45, 2.75) is 38.5 Å². The summed E-state index contributed by atoms with van der Waals surface area (Å²) in [6, 6.07) is 0. The van der Waals surface area contributed by atoms with Crippen molar-refractivity contribution in [2.24, 2.45) is 13.0 Å². The van der Waals surface area contributed by atoms with Crippen molar-refractivity contribution >= 4 is 11.5 Å². The number of nitrogens with one attached hydrogen (secondary N) is 1. The molecule has 0 amide bonds. The monoisotopic (exact) mass is 222 g/mol. The molecule has 0 unspecified atom stereocenters. The number of nitrogens with zero attached hydrogens (tertiary/aromatic N) is 2. The molecule has 90 valence electrons. The van der Waals surface area contributed by atoms with Crippen LogP contribution in [0, 0.1) is 5.92 Å². The maximum absolute atomic E-state index is 5.81. The predicted octanol–water partition coefficient (Wildman–Crippen LogP) is 2.38. The first-order valence-electron chi connectivity index (χ1n) is 6.28. The van der Waals surface area contributed by atoms with Gasteiger partial charge in [-0.15, -0.1) is 0 Å². The third-order valence-electron chi connectivity index (χ3n) is 3.43. The standard InChI is InChI=1S/C12H22N4/c1-16-9-11(13)12(15-16)14-8-7-10-5-3-2-4-6-10/h9-10H,2-8,13H2,1H3,(H,14,15). The maximum atomic E-state index is 5.81. The van der Waals surface area contributed by atoms with Crippen LogP contribution in [0.3, 0.4) is 0 Å². The lowest BCUT2D eigenvalue weighted by Crippen LogP contribution is -2.13. The highest BCUT2D eigenvalue weighted by atomic mass is 15.3. The quantitative estimate of drug-likeness (QED) is 0.822. The van der Waals surface area contributed by atoms with Crippen molar-refractivity contribution in [1.82, 2.24) is 9.78 Å². The molecule has 0 radical (unpaired) electrons. The number of hydrogen-bond donors (Lipinski definition) is 2. The molecule has 0 aromatic carbocycles. The van der Waals surface area contributed by atoms with Gasteiger partial charge in [0, 0.05) is 19.8 Å². The number of aromatic nitrogens is 2. The lowest BCUT2D eigenvalue weighted by atomic mass is 9.87. The molecule has 1 heterocycles. The van der Waals surface area contributed by atoms with Crippen LogP contribution in [0.15, 0.2) is 6.20 Å². The van der Waals surface area contributed by atoms with Crippen molar-refractivity contribution in [3.05, 3.63) is 6.20 Å². The Kier molecular flexibility index (Phi) is 3.70. The number of nitrogens with two attached hydrogens (primary N) is 1. The molecule has 1 fully saturated rings. The van der Waals surface area contributed by atoms with Gasteiger partial charge in [-0.05, 0) is 12.3 Å². The topological polar surface area (TPSA) is 55.9 Å². The zero-order chi connectivity index (χ0) is 11.4.